The first-order chi connectivity index (χ1) is 12.0. The summed E-state index contributed by atoms with van der Waals surface area (Å²) < 4.78 is 4.99. The van der Waals surface area contributed by atoms with Crippen LogP contribution in [-0.4, -0.2) is 18.9 Å². The van der Waals surface area contributed by atoms with Crippen LogP contribution in [0.25, 0.3) is 0 Å². The molecule has 4 aliphatic carbocycles. The zero-order chi connectivity index (χ0) is 17.8. The number of rotatable bonds is 1. The number of carbonyl (C=O) groups is 2. The quantitative estimate of drug-likeness (QED) is 0.525. The van der Waals surface area contributed by atoms with E-state index >= 15 is 0 Å². The van der Waals surface area contributed by atoms with Crippen molar-refractivity contribution in [3.8, 4) is 0 Å². The van der Waals surface area contributed by atoms with E-state index < -0.39 is 0 Å². The number of ketones is 1. The van der Waals surface area contributed by atoms with Gasteiger partial charge in [0.2, 0.25) is 0 Å². The third-order valence-electron chi connectivity index (χ3n) is 7.67. The number of hydrogen-bond donors (Lipinski definition) is 0. The van der Waals surface area contributed by atoms with Crippen LogP contribution < -0.4 is 0 Å². The van der Waals surface area contributed by atoms with E-state index in [0.29, 0.717) is 23.7 Å². The maximum Gasteiger partial charge on any atom is 0.333 e. The van der Waals surface area contributed by atoms with Gasteiger partial charge in [-0.3, -0.25) is 4.79 Å². The molecular weight excluding hydrogens is 312 g/mol. The highest BCUT2D eigenvalue weighted by molar-refractivity contribution is 6.00. The second kappa shape index (κ2) is 5.96. The molecule has 0 bridgehead atoms. The lowest BCUT2D eigenvalue weighted by Crippen LogP contribution is -2.44. The van der Waals surface area contributed by atoms with Crippen molar-refractivity contribution < 1.29 is 14.3 Å². The van der Waals surface area contributed by atoms with Crippen molar-refractivity contribution in [3.05, 3.63) is 34.9 Å². The summed E-state index contributed by atoms with van der Waals surface area (Å²) in [6.45, 7) is 4.33. The van der Waals surface area contributed by atoms with E-state index in [2.05, 4.69) is 13.0 Å². The van der Waals surface area contributed by atoms with Crippen LogP contribution in [0.1, 0.15) is 52.4 Å². The van der Waals surface area contributed by atoms with E-state index in [1.54, 1.807) is 6.08 Å². The minimum Gasteiger partial charge on any atom is -0.466 e. The molecule has 25 heavy (non-hydrogen) atoms. The highest BCUT2D eigenvalue weighted by Gasteiger charge is 2.54. The lowest BCUT2D eigenvalue weighted by molar-refractivity contribution is -0.136. The predicted octanol–water partition coefficient (Wildman–Crippen LogP) is 4.39. The standard InChI is InChI=1S/C22H28O3/c1-13(21(24)25-3)19-8-9-20-18-6-4-14-12-15(23)5-7-16(14)17(18)10-11-22(19,20)2/h5,7,12,16-18,20H,4,6,8-11H2,1-3H3/b19-13+/t16-,17+,18+,20-,22+/m0/s1. The van der Waals surface area contributed by atoms with Crippen molar-refractivity contribution in [1.29, 1.82) is 0 Å². The van der Waals surface area contributed by atoms with E-state index in [1.807, 2.05) is 13.0 Å². The van der Waals surface area contributed by atoms with Crippen LogP contribution in [0, 0.1) is 29.1 Å². The molecule has 0 radical (unpaired) electrons. The van der Waals surface area contributed by atoms with Gasteiger partial charge in [0.25, 0.3) is 0 Å². The molecule has 3 fully saturated rings. The number of ether oxygens (including phenoxy) is 1. The van der Waals surface area contributed by atoms with Gasteiger partial charge in [0.15, 0.2) is 5.78 Å². The lowest BCUT2D eigenvalue weighted by Gasteiger charge is -2.52. The Hall–Kier alpha value is -1.64. The maximum atomic E-state index is 12.1. The highest BCUT2D eigenvalue weighted by atomic mass is 16.5. The molecule has 3 saturated carbocycles. The van der Waals surface area contributed by atoms with Crippen molar-refractivity contribution in [3.63, 3.8) is 0 Å². The van der Waals surface area contributed by atoms with E-state index in [4.69, 9.17) is 4.74 Å². The fourth-order valence-corrected chi connectivity index (χ4v) is 6.52. The lowest BCUT2D eigenvalue weighted by atomic mass is 9.52. The van der Waals surface area contributed by atoms with Crippen LogP contribution in [0.3, 0.4) is 0 Å². The normalized spacial score (nSPS) is 41.4. The Morgan fingerprint density at radius 3 is 2.76 bits per heavy atom. The van der Waals surface area contributed by atoms with Gasteiger partial charge in [-0.25, -0.2) is 4.79 Å². The third kappa shape index (κ3) is 2.46. The first kappa shape index (κ1) is 16.8. The molecule has 3 heteroatoms. The smallest absolute Gasteiger partial charge is 0.333 e. The number of allylic oxidation sites excluding steroid dienone is 5. The molecule has 0 aromatic carbocycles. The molecular formula is C22H28O3. The topological polar surface area (TPSA) is 43.4 Å². The van der Waals surface area contributed by atoms with Crippen LogP contribution in [0.4, 0.5) is 0 Å². The summed E-state index contributed by atoms with van der Waals surface area (Å²) in [7, 11) is 1.48. The summed E-state index contributed by atoms with van der Waals surface area (Å²) in [5.41, 5.74) is 3.69. The number of fused-ring (bicyclic) bond motifs is 5. The summed E-state index contributed by atoms with van der Waals surface area (Å²) in [4.78, 5) is 23.8. The molecule has 0 saturated heterocycles. The van der Waals surface area contributed by atoms with Crippen molar-refractivity contribution in [2.75, 3.05) is 7.11 Å². The average Bonchev–Trinajstić information content (AvgIpc) is 2.97. The molecule has 0 N–H and O–H groups in total. The molecule has 0 aliphatic heterocycles. The molecule has 3 nitrogen and oxygen atoms in total. The summed E-state index contributed by atoms with van der Waals surface area (Å²) in [5, 5.41) is 0. The van der Waals surface area contributed by atoms with Crippen molar-refractivity contribution in [1.82, 2.24) is 0 Å². The van der Waals surface area contributed by atoms with Crippen molar-refractivity contribution in [2.24, 2.45) is 29.1 Å². The average molecular weight is 340 g/mol. The van der Waals surface area contributed by atoms with Gasteiger partial charge in [-0.15, -0.1) is 0 Å². The Morgan fingerprint density at radius 2 is 2.00 bits per heavy atom. The molecule has 5 atom stereocenters. The van der Waals surface area contributed by atoms with Crippen molar-refractivity contribution in [2.45, 2.75) is 52.4 Å². The van der Waals surface area contributed by atoms with Crippen LogP contribution in [0.15, 0.2) is 34.9 Å². The fourth-order valence-electron chi connectivity index (χ4n) is 6.52. The first-order valence-electron chi connectivity index (χ1n) is 9.67. The van der Waals surface area contributed by atoms with Gasteiger partial charge in [-0.1, -0.05) is 24.1 Å². The van der Waals surface area contributed by atoms with Gasteiger partial charge in [0.1, 0.15) is 0 Å². The second-order valence-corrected chi connectivity index (χ2v) is 8.57. The number of esters is 1. The number of methoxy groups -OCH3 is 1. The van der Waals surface area contributed by atoms with Gasteiger partial charge in [0.05, 0.1) is 7.11 Å². The SMILES string of the molecule is COC(=O)/C(C)=C1\CC[C@H]2[C@@H]3CCC4=CC(=O)C=C[C@@H]4[C@H]3CC[C@]12C. The largest absolute Gasteiger partial charge is 0.466 e. The minimum absolute atomic E-state index is 0.148. The van der Waals surface area contributed by atoms with Crippen LogP contribution >= 0.6 is 0 Å². The maximum absolute atomic E-state index is 12.1. The fraction of sp³-hybridized carbons (Fsp3) is 0.636. The molecule has 0 amide bonds. The van der Waals surface area contributed by atoms with Crippen LogP contribution in [0.5, 0.6) is 0 Å². The molecule has 0 unspecified atom stereocenters. The summed E-state index contributed by atoms with van der Waals surface area (Å²) >= 11 is 0. The van der Waals surface area contributed by atoms with Gasteiger partial charge in [-0.2, -0.15) is 0 Å². The van der Waals surface area contributed by atoms with Crippen molar-refractivity contribution >= 4 is 11.8 Å². The molecule has 4 rings (SSSR count). The first-order valence-corrected chi connectivity index (χ1v) is 9.67. The Morgan fingerprint density at radius 1 is 1.20 bits per heavy atom. The molecule has 0 heterocycles. The zero-order valence-corrected chi connectivity index (χ0v) is 15.5. The number of hydrogen-bond acceptors (Lipinski definition) is 3. The molecule has 134 valence electrons. The second-order valence-electron chi connectivity index (χ2n) is 8.57. The van der Waals surface area contributed by atoms with E-state index in [1.165, 1.54) is 37.5 Å². The van der Waals surface area contributed by atoms with Gasteiger partial charge < -0.3 is 4.74 Å². The van der Waals surface area contributed by atoms with Gasteiger partial charge in [-0.05, 0) is 80.8 Å². The monoisotopic (exact) mass is 340 g/mol. The van der Waals surface area contributed by atoms with E-state index in [-0.39, 0.29) is 17.2 Å². The van der Waals surface area contributed by atoms with Crippen LogP contribution in [-0.2, 0) is 14.3 Å². The van der Waals surface area contributed by atoms with E-state index in [9.17, 15) is 9.59 Å². The van der Waals surface area contributed by atoms with E-state index in [0.717, 1.165) is 24.8 Å². The Bertz CT molecular complexity index is 711. The third-order valence-corrected chi connectivity index (χ3v) is 7.67. The Labute approximate surface area is 150 Å². The van der Waals surface area contributed by atoms with Gasteiger partial charge >= 0.3 is 5.97 Å². The molecule has 4 aliphatic rings. The summed E-state index contributed by atoms with van der Waals surface area (Å²) in [6, 6.07) is 0. The predicted molar refractivity (Wildman–Crippen MR) is 96.7 cm³/mol. The van der Waals surface area contributed by atoms with Crippen LogP contribution in [0.2, 0.25) is 0 Å². The molecule has 0 aromatic heterocycles. The minimum atomic E-state index is -0.165. The molecule has 0 spiro atoms. The Balaban J connectivity index is 1.65. The summed E-state index contributed by atoms with van der Waals surface area (Å²) in [6.07, 6.45) is 12.6. The van der Waals surface area contributed by atoms with Gasteiger partial charge in [0, 0.05) is 11.5 Å². The molecule has 0 aromatic rings. The highest BCUT2D eigenvalue weighted by Crippen LogP contribution is 2.63. The number of carbonyl (C=O) groups excluding carboxylic acids is 2. The summed E-state index contributed by atoms with van der Waals surface area (Å²) in [5.74, 6) is 2.50. The Kier molecular flexibility index (Phi) is 4.01. The zero-order valence-electron chi connectivity index (χ0n) is 15.5.